The molecule has 1 saturated carbocycles. The number of fused-ring (bicyclic) bond motifs is 6. The number of benzene rings is 4. The summed E-state index contributed by atoms with van der Waals surface area (Å²) in [5.74, 6) is -1.29. The van der Waals surface area contributed by atoms with E-state index in [9.17, 15) is 30.6 Å². The van der Waals surface area contributed by atoms with E-state index in [-0.39, 0.29) is 65.1 Å². The van der Waals surface area contributed by atoms with Crippen LogP contribution in [0.2, 0.25) is 0 Å². The summed E-state index contributed by atoms with van der Waals surface area (Å²) >= 11 is 0. The van der Waals surface area contributed by atoms with Crippen molar-refractivity contribution in [2.24, 2.45) is 23.7 Å². The standard InChI is InChI=1S/C59H63N3O9/c1-33-4-2-5-34(24-33)32-71-53-29-39(28-52(68)57(53)69)36-9-12-45-43-13-11-42(63)25-37(43)10-15-47(45)62-54-30-40(18-22-61-54)59(20-17-48(64)46(59)31-41-6-3-21-60-41)56(50(66)26-36)51(67)27-38-8-7-35-19-23-70-58-49(65)16-14-44(38)55(35)58/h2-3,5-8,10-11,13-16,18,21-22,25,28-30,33-36,38,46,48,51,56,60,63-65,67-69H,4,9,12,17,19-20,23-24,26-27,31-32H2,1H3,(H,61,62). The van der Waals surface area contributed by atoms with Gasteiger partial charge in [0.25, 0.3) is 0 Å². The maximum absolute atomic E-state index is 16.3. The Labute approximate surface area is 413 Å². The molecular weight excluding hydrogens is 895 g/mol. The first-order chi connectivity index (χ1) is 34.4. The lowest BCUT2D eigenvalue weighted by atomic mass is 9.58. The number of ether oxygens (including phenoxy) is 2. The number of aromatic amines is 1. The molecule has 12 heteroatoms. The lowest BCUT2D eigenvalue weighted by molar-refractivity contribution is -0.132. The number of Topliss-reactive ketones (excluding diaryl/α,β-unsaturated/α-hetero) is 1. The predicted molar refractivity (Wildman–Crippen MR) is 272 cm³/mol. The number of nitrogens with zero attached hydrogens (tertiary/aromatic N) is 1. The van der Waals surface area contributed by atoms with Crippen molar-refractivity contribution in [3.63, 3.8) is 0 Å². The number of anilines is 2. The number of carbonyl (C=O) groups is 1. The lowest BCUT2D eigenvalue weighted by Crippen LogP contribution is -2.51. The minimum absolute atomic E-state index is 0.0430. The van der Waals surface area contributed by atoms with Gasteiger partial charge in [0.15, 0.2) is 23.0 Å². The number of nitrogens with one attached hydrogen (secondary N) is 2. The zero-order chi connectivity index (χ0) is 49.0. The smallest absolute Gasteiger partial charge is 0.200 e. The van der Waals surface area contributed by atoms with E-state index >= 15 is 4.79 Å². The molecule has 8 N–H and O–H groups in total. The van der Waals surface area contributed by atoms with E-state index in [0.29, 0.717) is 68.4 Å². The summed E-state index contributed by atoms with van der Waals surface area (Å²) < 4.78 is 12.4. The summed E-state index contributed by atoms with van der Waals surface area (Å²) in [7, 11) is 0. The molecule has 368 valence electrons. The van der Waals surface area contributed by atoms with Crippen molar-refractivity contribution in [1.29, 1.82) is 0 Å². The summed E-state index contributed by atoms with van der Waals surface area (Å²) in [5, 5.41) is 75.3. The highest BCUT2D eigenvalue weighted by Gasteiger charge is 2.58. The number of aromatic nitrogens is 2. The number of phenolic OH excluding ortho intramolecular Hbond substituents is 4. The number of hydrogen-bond donors (Lipinski definition) is 8. The summed E-state index contributed by atoms with van der Waals surface area (Å²) in [6, 6.07) is 23.9. The fraction of sp³-hybridized carbons (Fsp3) is 0.390. The van der Waals surface area contributed by atoms with Gasteiger partial charge < -0.3 is 50.4 Å². The van der Waals surface area contributed by atoms with Crippen LogP contribution >= 0.6 is 0 Å². The van der Waals surface area contributed by atoms with Gasteiger partial charge in [0.2, 0.25) is 5.75 Å². The van der Waals surface area contributed by atoms with Crippen LogP contribution in [0.3, 0.4) is 0 Å². The first-order valence-electron chi connectivity index (χ1n) is 25.4. The molecule has 4 aromatic carbocycles. The fourth-order valence-corrected chi connectivity index (χ4v) is 13.2. The molecule has 71 heavy (non-hydrogen) atoms. The van der Waals surface area contributed by atoms with Crippen LogP contribution in [-0.2, 0) is 23.1 Å². The molecule has 3 aliphatic carbocycles. The molecular formula is C59H63N3O9. The Bertz CT molecular complexity index is 3020. The Morgan fingerprint density at radius 2 is 1.83 bits per heavy atom. The van der Waals surface area contributed by atoms with Gasteiger partial charge in [-0.1, -0.05) is 49.4 Å². The molecule has 6 aromatic rings. The number of rotatable bonds is 9. The number of aliphatic hydroxyl groups is 2. The number of phenols is 4. The van der Waals surface area contributed by atoms with Crippen molar-refractivity contribution in [2.75, 3.05) is 18.5 Å². The second-order valence-corrected chi connectivity index (χ2v) is 21.0. The molecule has 2 aliphatic heterocycles. The number of aryl methyl sites for hydroxylation is 1. The maximum Gasteiger partial charge on any atom is 0.200 e. The summed E-state index contributed by atoms with van der Waals surface area (Å²) in [6.45, 7) is 2.99. The first-order valence-corrected chi connectivity index (χ1v) is 25.4. The van der Waals surface area contributed by atoms with Crippen LogP contribution in [0.25, 0.3) is 10.8 Å². The minimum atomic E-state index is -1.22. The molecule has 1 fully saturated rings. The number of H-pyrrole nitrogens is 1. The number of aromatic hydroxyl groups is 4. The highest BCUT2D eigenvalue weighted by atomic mass is 16.5. The molecule has 0 radical (unpaired) electrons. The zero-order valence-electron chi connectivity index (χ0n) is 40.0. The zero-order valence-corrected chi connectivity index (χ0v) is 40.0. The van der Waals surface area contributed by atoms with Gasteiger partial charge in [-0.3, -0.25) is 4.79 Å². The van der Waals surface area contributed by atoms with E-state index in [4.69, 9.17) is 14.5 Å². The van der Waals surface area contributed by atoms with Crippen LogP contribution in [-0.4, -0.2) is 71.8 Å². The number of pyridine rings is 1. The van der Waals surface area contributed by atoms with Crippen molar-refractivity contribution in [1.82, 2.24) is 9.97 Å². The van der Waals surface area contributed by atoms with Crippen LogP contribution < -0.4 is 14.8 Å². The number of allylic oxidation sites excluding steroid dienone is 3. The van der Waals surface area contributed by atoms with Gasteiger partial charge >= 0.3 is 0 Å². The van der Waals surface area contributed by atoms with Gasteiger partial charge in [-0.25, -0.2) is 4.98 Å². The van der Waals surface area contributed by atoms with E-state index in [1.807, 2.05) is 54.7 Å². The number of ketones is 1. The maximum atomic E-state index is 16.3. The van der Waals surface area contributed by atoms with Crippen molar-refractivity contribution in [2.45, 2.75) is 107 Å². The molecule has 2 bridgehead atoms. The molecule has 5 aliphatic rings. The molecule has 11 rings (SSSR count). The number of carbonyl (C=O) groups excluding carboxylic acids is 1. The van der Waals surface area contributed by atoms with E-state index < -0.39 is 35.4 Å². The van der Waals surface area contributed by atoms with Crippen molar-refractivity contribution in [3.05, 3.63) is 149 Å². The second-order valence-electron chi connectivity index (χ2n) is 21.0. The van der Waals surface area contributed by atoms with Crippen molar-refractivity contribution in [3.8, 4) is 34.5 Å². The Morgan fingerprint density at radius 3 is 2.68 bits per heavy atom. The molecule has 1 spiro atoms. The molecule has 4 heterocycles. The summed E-state index contributed by atoms with van der Waals surface area (Å²) in [6.07, 6.45) is 15.1. The largest absolute Gasteiger partial charge is 0.508 e. The predicted octanol–water partition coefficient (Wildman–Crippen LogP) is 10.6. The van der Waals surface area contributed by atoms with E-state index in [2.05, 4.69) is 41.5 Å². The summed E-state index contributed by atoms with van der Waals surface area (Å²) in [5.41, 5.74) is 4.79. The normalized spacial score (nSPS) is 27.4. The number of aliphatic hydroxyl groups excluding tert-OH is 2. The Morgan fingerprint density at radius 1 is 0.944 bits per heavy atom. The lowest BCUT2D eigenvalue weighted by Gasteiger charge is -2.46. The SMILES string of the molecule is CC1CC=CC(COc2cc(C3CCc4c(ccc5cc(O)ccc45)Nc4cc(ccn4)C4(CCC(O)C4Cc4ccc[nH]4)C(C(O)CC4C=CC5CCOc6c(O)ccc4c65)C(=O)C3)cc(O)c2O)C1. The third-order valence-electron chi connectivity index (χ3n) is 16.6. The number of hydrogen-bond acceptors (Lipinski definition) is 11. The monoisotopic (exact) mass is 957 g/mol. The van der Waals surface area contributed by atoms with Gasteiger partial charge in [0, 0.05) is 64.8 Å². The molecule has 10 atom stereocenters. The Balaban J connectivity index is 1.07. The van der Waals surface area contributed by atoms with Gasteiger partial charge in [-0.15, -0.1) is 0 Å². The fourth-order valence-electron chi connectivity index (χ4n) is 13.2. The van der Waals surface area contributed by atoms with E-state index in [0.717, 1.165) is 63.7 Å². The molecule has 12 nitrogen and oxygen atoms in total. The van der Waals surface area contributed by atoms with E-state index in [1.165, 1.54) is 6.07 Å². The third kappa shape index (κ3) is 8.79. The molecule has 10 unspecified atom stereocenters. The summed E-state index contributed by atoms with van der Waals surface area (Å²) in [4.78, 5) is 24.5. The Hall–Kier alpha value is -6.76. The van der Waals surface area contributed by atoms with Crippen molar-refractivity contribution < 1.29 is 44.9 Å². The van der Waals surface area contributed by atoms with Crippen LogP contribution in [0.5, 0.6) is 34.5 Å². The van der Waals surface area contributed by atoms with Crippen LogP contribution in [0.15, 0.2) is 116 Å². The highest BCUT2D eigenvalue weighted by Crippen LogP contribution is 2.57. The van der Waals surface area contributed by atoms with Crippen LogP contribution in [0, 0.1) is 23.7 Å². The topological polar surface area (TPSA) is 198 Å². The first kappa shape index (κ1) is 46.6. The van der Waals surface area contributed by atoms with Crippen LogP contribution in [0.1, 0.15) is 110 Å². The van der Waals surface area contributed by atoms with E-state index in [1.54, 1.807) is 30.5 Å². The molecule has 0 amide bonds. The Kier molecular flexibility index (Phi) is 12.5. The van der Waals surface area contributed by atoms with Crippen LogP contribution in [0.4, 0.5) is 11.5 Å². The van der Waals surface area contributed by atoms with Crippen molar-refractivity contribution >= 4 is 28.1 Å². The van der Waals surface area contributed by atoms with Gasteiger partial charge in [-0.2, -0.15) is 0 Å². The molecule has 0 saturated heterocycles. The molecule has 2 aromatic heterocycles. The second kappa shape index (κ2) is 19.1. The quantitative estimate of drug-likeness (QED) is 0.0507. The van der Waals surface area contributed by atoms with Gasteiger partial charge in [0.05, 0.1) is 31.3 Å². The highest BCUT2D eigenvalue weighted by molar-refractivity contribution is 5.92. The average Bonchev–Trinajstić information content (AvgIpc) is 4.00. The average molecular weight is 958 g/mol. The third-order valence-corrected chi connectivity index (χ3v) is 16.6. The van der Waals surface area contributed by atoms with Gasteiger partial charge in [0.1, 0.15) is 17.4 Å². The minimum Gasteiger partial charge on any atom is -0.508 e. The van der Waals surface area contributed by atoms with Gasteiger partial charge in [-0.05, 0) is 163 Å².